The van der Waals surface area contributed by atoms with Crippen LogP contribution in [0.15, 0.2) is 0 Å². The van der Waals surface area contributed by atoms with E-state index in [4.69, 9.17) is 5.11 Å². The number of aryl methyl sites for hydroxylation is 2. The summed E-state index contributed by atoms with van der Waals surface area (Å²) in [6.45, 7) is 5.77. The molecule has 0 radical (unpaired) electrons. The highest BCUT2D eigenvalue weighted by molar-refractivity contribution is 7.11. The highest BCUT2D eigenvalue weighted by Gasteiger charge is 2.15. The van der Waals surface area contributed by atoms with Crippen molar-refractivity contribution >= 4 is 23.2 Å². The van der Waals surface area contributed by atoms with Gasteiger partial charge in [-0.2, -0.15) is 0 Å². The third kappa shape index (κ3) is 4.44. The van der Waals surface area contributed by atoms with Gasteiger partial charge in [0.05, 0.1) is 16.7 Å². The van der Waals surface area contributed by atoms with Crippen LogP contribution in [0, 0.1) is 13.8 Å². The third-order valence-electron chi connectivity index (χ3n) is 2.50. The first kappa shape index (κ1) is 14.6. The first-order valence-electron chi connectivity index (χ1n) is 5.85. The SMILES string of the molecule is Cc1nc(C)c(C(C)NC(=O)CCCC(=O)O)s1. The van der Waals surface area contributed by atoms with Gasteiger partial charge in [-0.15, -0.1) is 11.3 Å². The highest BCUT2D eigenvalue weighted by Crippen LogP contribution is 2.24. The molecule has 0 bridgehead atoms. The highest BCUT2D eigenvalue weighted by atomic mass is 32.1. The fourth-order valence-corrected chi connectivity index (χ4v) is 2.66. The third-order valence-corrected chi connectivity index (χ3v) is 3.76. The summed E-state index contributed by atoms with van der Waals surface area (Å²) in [5, 5.41) is 12.3. The van der Waals surface area contributed by atoms with E-state index in [-0.39, 0.29) is 24.8 Å². The molecule has 1 unspecified atom stereocenters. The van der Waals surface area contributed by atoms with Gasteiger partial charge < -0.3 is 10.4 Å². The molecular weight excluding hydrogens is 252 g/mol. The Morgan fingerprint density at radius 3 is 2.56 bits per heavy atom. The van der Waals surface area contributed by atoms with Crippen LogP contribution in [0.1, 0.15) is 47.8 Å². The Labute approximate surface area is 110 Å². The lowest BCUT2D eigenvalue weighted by atomic mass is 10.2. The number of hydrogen-bond acceptors (Lipinski definition) is 4. The van der Waals surface area contributed by atoms with Crippen molar-refractivity contribution in [2.75, 3.05) is 0 Å². The van der Waals surface area contributed by atoms with Crippen molar-refractivity contribution in [3.63, 3.8) is 0 Å². The normalized spacial score (nSPS) is 12.2. The van der Waals surface area contributed by atoms with E-state index in [2.05, 4.69) is 10.3 Å². The van der Waals surface area contributed by atoms with E-state index in [9.17, 15) is 9.59 Å². The van der Waals surface area contributed by atoms with Crippen LogP contribution in [0.25, 0.3) is 0 Å². The number of rotatable bonds is 6. The molecule has 0 saturated heterocycles. The van der Waals surface area contributed by atoms with E-state index in [1.807, 2.05) is 20.8 Å². The number of amides is 1. The molecule has 100 valence electrons. The van der Waals surface area contributed by atoms with Crippen molar-refractivity contribution in [3.05, 3.63) is 15.6 Å². The number of nitrogens with zero attached hydrogens (tertiary/aromatic N) is 1. The Kier molecular flexibility index (Phi) is 5.27. The van der Waals surface area contributed by atoms with Gasteiger partial charge in [0.1, 0.15) is 0 Å². The van der Waals surface area contributed by atoms with Crippen LogP contribution >= 0.6 is 11.3 Å². The summed E-state index contributed by atoms with van der Waals surface area (Å²) in [5.41, 5.74) is 0.941. The number of nitrogens with one attached hydrogen (secondary N) is 1. The van der Waals surface area contributed by atoms with Gasteiger partial charge in [-0.1, -0.05) is 0 Å². The predicted octanol–water partition coefficient (Wildman–Crippen LogP) is 2.19. The number of carboxylic acids is 1. The van der Waals surface area contributed by atoms with Gasteiger partial charge in [0.25, 0.3) is 0 Å². The molecule has 18 heavy (non-hydrogen) atoms. The number of carboxylic acid groups (broad SMARTS) is 1. The van der Waals surface area contributed by atoms with Crippen molar-refractivity contribution in [2.45, 2.75) is 46.1 Å². The van der Waals surface area contributed by atoms with Gasteiger partial charge in [0.15, 0.2) is 0 Å². The lowest BCUT2D eigenvalue weighted by Crippen LogP contribution is -2.26. The molecule has 1 atom stereocenters. The van der Waals surface area contributed by atoms with Crippen molar-refractivity contribution in [1.82, 2.24) is 10.3 Å². The molecule has 1 aromatic rings. The van der Waals surface area contributed by atoms with Gasteiger partial charge in [0.2, 0.25) is 5.91 Å². The van der Waals surface area contributed by atoms with Gasteiger partial charge in [-0.3, -0.25) is 9.59 Å². The van der Waals surface area contributed by atoms with Crippen molar-refractivity contribution in [3.8, 4) is 0 Å². The van der Waals surface area contributed by atoms with Gasteiger partial charge >= 0.3 is 5.97 Å². The van der Waals surface area contributed by atoms with Crippen LogP contribution in [0.3, 0.4) is 0 Å². The Balaban J connectivity index is 2.44. The summed E-state index contributed by atoms with van der Waals surface area (Å²) < 4.78 is 0. The summed E-state index contributed by atoms with van der Waals surface area (Å²) in [4.78, 5) is 27.3. The zero-order valence-corrected chi connectivity index (χ0v) is 11.6. The van der Waals surface area contributed by atoms with Crippen LogP contribution in [-0.2, 0) is 9.59 Å². The second kappa shape index (κ2) is 6.49. The zero-order chi connectivity index (χ0) is 13.7. The largest absolute Gasteiger partial charge is 0.481 e. The second-order valence-corrected chi connectivity index (χ2v) is 5.45. The summed E-state index contributed by atoms with van der Waals surface area (Å²) in [7, 11) is 0. The van der Waals surface area contributed by atoms with E-state index in [0.29, 0.717) is 6.42 Å². The zero-order valence-electron chi connectivity index (χ0n) is 10.8. The average Bonchev–Trinajstić information content (AvgIpc) is 2.57. The monoisotopic (exact) mass is 270 g/mol. The lowest BCUT2D eigenvalue weighted by molar-refractivity contribution is -0.137. The quantitative estimate of drug-likeness (QED) is 0.830. The molecule has 5 nitrogen and oxygen atoms in total. The Morgan fingerprint density at radius 2 is 2.06 bits per heavy atom. The number of hydrogen-bond donors (Lipinski definition) is 2. The molecule has 1 amide bonds. The molecule has 0 spiro atoms. The number of aliphatic carboxylic acids is 1. The van der Waals surface area contributed by atoms with E-state index < -0.39 is 5.97 Å². The van der Waals surface area contributed by atoms with E-state index in [1.54, 1.807) is 11.3 Å². The molecule has 1 rings (SSSR count). The summed E-state index contributed by atoms with van der Waals surface area (Å²) >= 11 is 1.57. The summed E-state index contributed by atoms with van der Waals surface area (Å²) in [6, 6.07) is -0.0754. The molecule has 0 aliphatic carbocycles. The molecule has 0 aliphatic rings. The van der Waals surface area contributed by atoms with Gasteiger partial charge in [0, 0.05) is 17.7 Å². The van der Waals surface area contributed by atoms with E-state index >= 15 is 0 Å². The minimum atomic E-state index is -0.871. The van der Waals surface area contributed by atoms with Crippen LogP contribution in [0.5, 0.6) is 0 Å². The van der Waals surface area contributed by atoms with Crippen molar-refractivity contribution < 1.29 is 14.7 Å². The lowest BCUT2D eigenvalue weighted by Gasteiger charge is -2.12. The summed E-state index contributed by atoms with van der Waals surface area (Å²) in [6.07, 6.45) is 0.641. The van der Waals surface area contributed by atoms with Gasteiger partial charge in [-0.25, -0.2) is 4.98 Å². The molecule has 0 fully saturated rings. The molecule has 1 heterocycles. The Morgan fingerprint density at radius 1 is 1.39 bits per heavy atom. The van der Waals surface area contributed by atoms with E-state index in [0.717, 1.165) is 15.6 Å². The van der Waals surface area contributed by atoms with Gasteiger partial charge in [-0.05, 0) is 27.2 Å². The molecule has 1 aromatic heterocycles. The maximum absolute atomic E-state index is 11.6. The number of thiazole rings is 1. The second-order valence-electron chi connectivity index (χ2n) is 4.22. The minimum absolute atomic E-state index is 0.0283. The molecule has 2 N–H and O–H groups in total. The number of aromatic nitrogens is 1. The molecule has 0 aliphatic heterocycles. The van der Waals surface area contributed by atoms with Crippen LogP contribution in [-0.4, -0.2) is 22.0 Å². The number of carbonyl (C=O) groups excluding carboxylic acids is 1. The van der Waals surface area contributed by atoms with Crippen molar-refractivity contribution in [2.24, 2.45) is 0 Å². The number of carbonyl (C=O) groups is 2. The van der Waals surface area contributed by atoms with Crippen LogP contribution in [0.4, 0.5) is 0 Å². The molecule has 0 aromatic carbocycles. The maximum atomic E-state index is 11.6. The minimum Gasteiger partial charge on any atom is -0.481 e. The molecular formula is C12H18N2O3S. The fraction of sp³-hybridized carbons (Fsp3) is 0.583. The standard InChI is InChI=1S/C12H18N2O3S/c1-7-12(18-9(3)13-7)8(2)14-10(15)5-4-6-11(16)17/h8H,4-6H2,1-3H3,(H,14,15)(H,16,17). The van der Waals surface area contributed by atoms with E-state index in [1.165, 1.54) is 0 Å². The topological polar surface area (TPSA) is 79.3 Å². The predicted molar refractivity (Wildman–Crippen MR) is 69.6 cm³/mol. The Hall–Kier alpha value is -1.43. The Bertz CT molecular complexity index is 443. The average molecular weight is 270 g/mol. The summed E-state index contributed by atoms with van der Waals surface area (Å²) in [5.74, 6) is -0.987. The maximum Gasteiger partial charge on any atom is 0.303 e. The molecule has 6 heteroatoms. The van der Waals surface area contributed by atoms with Crippen LogP contribution < -0.4 is 5.32 Å². The fourth-order valence-electron chi connectivity index (χ4n) is 1.73. The first-order chi connectivity index (χ1) is 8.40. The van der Waals surface area contributed by atoms with Crippen molar-refractivity contribution in [1.29, 1.82) is 0 Å². The van der Waals surface area contributed by atoms with Crippen LogP contribution in [0.2, 0.25) is 0 Å². The molecule has 0 saturated carbocycles. The smallest absolute Gasteiger partial charge is 0.303 e. The first-order valence-corrected chi connectivity index (χ1v) is 6.67.